The van der Waals surface area contributed by atoms with Crippen molar-refractivity contribution in [1.29, 1.82) is 0 Å². The summed E-state index contributed by atoms with van der Waals surface area (Å²) in [7, 11) is 0. The van der Waals surface area contributed by atoms with Crippen LogP contribution >= 0.6 is 0 Å². The van der Waals surface area contributed by atoms with E-state index in [1.165, 1.54) is 0 Å². The van der Waals surface area contributed by atoms with Gasteiger partial charge in [0.2, 0.25) is 0 Å². The maximum absolute atomic E-state index is 10.9. The smallest absolute Gasteiger partial charge is 0.303 e. The van der Waals surface area contributed by atoms with Crippen LogP contribution in [0.5, 0.6) is 11.5 Å². The van der Waals surface area contributed by atoms with Gasteiger partial charge in [0.15, 0.2) is 0 Å². The van der Waals surface area contributed by atoms with Crippen LogP contribution in [0.4, 0.5) is 0 Å². The third-order valence-electron chi connectivity index (χ3n) is 4.76. The van der Waals surface area contributed by atoms with Gasteiger partial charge in [-0.2, -0.15) is 0 Å². The van der Waals surface area contributed by atoms with Crippen molar-refractivity contribution in [2.24, 2.45) is 11.8 Å². The van der Waals surface area contributed by atoms with E-state index in [0.717, 1.165) is 31.2 Å². The number of hydrogen-bond acceptors (Lipinski definition) is 4. The molecule has 0 unspecified atom stereocenters. The summed E-state index contributed by atoms with van der Waals surface area (Å²) in [6.07, 6.45) is 3.96. The number of carboxylic acids is 1. The fourth-order valence-corrected chi connectivity index (χ4v) is 3.37. The molecule has 1 aliphatic rings. The molecule has 128 valence electrons. The first-order chi connectivity index (χ1) is 11.0. The lowest BCUT2D eigenvalue weighted by atomic mass is 9.88. The van der Waals surface area contributed by atoms with Crippen LogP contribution in [0.25, 0.3) is 0 Å². The summed E-state index contributed by atoms with van der Waals surface area (Å²) < 4.78 is 5.62. The molecule has 5 nitrogen and oxygen atoms in total. The highest BCUT2D eigenvalue weighted by molar-refractivity contribution is 5.67. The van der Waals surface area contributed by atoms with Gasteiger partial charge in [-0.15, -0.1) is 0 Å². The number of aliphatic hydroxyl groups is 1. The third kappa shape index (κ3) is 5.13. The van der Waals surface area contributed by atoms with E-state index in [9.17, 15) is 15.0 Å². The van der Waals surface area contributed by atoms with E-state index >= 15 is 0 Å². The fraction of sp³-hybridized carbons (Fsp3) is 0.611. The molecule has 0 radical (unpaired) electrons. The average molecular weight is 322 g/mol. The first kappa shape index (κ1) is 17.6. The zero-order valence-corrected chi connectivity index (χ0v) is 13.6. The Morgan fingerprint density at radius 2 is 2.09 bits per heavy atom. The van der Waals surface area contributed by atoms with Crippen molar-refractivity contribution in [3.05, 3.63) is 23.8 Å². The molecule has 0 aliphatic heterocycles. The molecule has 0 spiro atoms. The number of phenols is 1. The Balaban J connectivity index is 1.68. The van der Waals surface area contributed by atoms with Gasteiger partial charge in [-0.05, 0) is 62.5 Å². The van der Waals surface area contributed by atoms with E-state index in [1.807, 2.05) is 19.1 Å². The lowest BCUT2D eigenvalue weighted by Gasteiger charge is -2.20. The zero-order valence-electron chi connectivity index (χ0n) is 13.6. The van der Waals surface area contributed by atoms with E-state index < -0.39 is 12.1 Å². The van der Waals surface area contributed by atoms with Gasteiger partial charge in [0.25, 0.3) is 0 Å². The minimum absolute atomic E-state index is 0.0605. The average Bonchev–Trinajstić information content (AvgIpc) is 2.83. The van der Waals surface area contributed by atoms with Gasteiger partial charge < -0.3 is 20.1 Å². The number of ether oxygens (including phenoxy) is 1. The number of aromatic hydroxyl groups is 1. The van der Waals surface area contributed by atoms with Crippen LogP contribution in [-0.2, 0) is 4.79 Å². The summed E-state index contributed by atoms with van der Waals surface area (Å²) in [6, 6.07) is 5.28. The highest BCUT2D eigenvalue weighted by atomic mass is 16.5. The van der Waals surface area contributed by atoms with Gasteiger partial charge in [-0.25, -0.2) is 0 Å². The molecule has 1 aromatic carbocycles. The van der Waals surface area contributed by atoms with E-state index in [4.69, 9.17) is 9.84 Å². The summed E-state index contributed by atoms with van der Waals surface area (Å²) in [5, 5.41) is 28.5. The number of aryl methyl sites for hydroxylation is 1. The van der Waals surface area contributed by atoms with Gasteiger partial charge in [-0.1, -0.05) is 6.07 Å². The SMILES string of the molecule is Cc1ccc(OCCCC[C@H]2CC[C@H](O)[C@@H]2CC(=O)O)cc1O. The van der Waals surface area contributed by atoms with E-state index in [-0.39, 0.29) is 18.1 Å². The summed E-state index contributed by atoms with van der Waals surface area (Å²) in [5.74, 6) is 0.252. The number of carboxylic acid groups (broad SMARTS) is 1. The Hall–Kier alpha value is -1.75. The summed E-state index contributed by atoms with van der Waals surface area (Å²) in [5.41, 5.74) is 0.821. The second-order valence-corrected chi connectivity index (χ2v) is 6.46. The van der Waals surface area contributed by atoms with Crippen molar-refractivity contribution in [2.75, 3.05) is 6.61 Å². The van der Waals surface area contributed by atoms with Crippen LogP contribution in [0.15, 0.2) is 18.2 Å². The molecular weight excluding hydrogens is 296 g/mol. The predicted octanol–water partition coefficient (Wildman–Crippen LogP) is 3.11. The van der Waals surface area contributed by atoms with E-state index in [1.54, 1.807) is 6.07 Å². The quantitative estimate of drug-likeness (QED) is 0.640. The number of aliphatic hydroxyl groups excluding tert-OH is 1. The monoisotopic (exact) mass is 322 g/mol. The maximum Gasteiger partial charge on any atom is 0.303 e. The maximum atomic E-state index is 10.9. The van der Waals surface area contributed by atoms with Gasteiger partial charge in [0.05, 0.1) is 19.1 Å². The Kier molecular flexibility index (Phi) is 6.28. The summed E-state index contributed by atoms with van der Waals surface area (Å²) in [4.78, 5) is 10.9. The van der Waals surface area contributed by atoms with Crippen molar-refractivity contribution in [2.45, 2.75) is 51.6 Å². The molecule has 3 atom stereocenters. The molecular formula is C18H26O5. The van der Waals surface area contributed by atoms with E-state index in [0.29, 0.717) is 24.7 Å². The lowest BCUT2D eigenvalue weighted by molar-refractivity contribution is -0.139. The Morgan fingerprint density at radius 3 is 2.78 bits per heavy atom. The Labute approximate surface area is 136 Å². The minimum atomic E-state index is -0.830. The Bertz CT molecular complexity index is 528. The molecule has 1 fully saturated rings. The molecule has 0 amide bonds. The highest BCUT2D eigenvalue weighted by Gasteiger charge is 2.35. The van der Waals surface area contributed by atoms with Crippen molar-refractivity contribution in [3.63, 3.8) is 0 Å². The highest BCUT2D eigenvalue weighted by Crippen LogP contribution is 2.37. The molecule has 2 rings (SSSR count). The minimum Gasteiger partial charge on any atom is -0.508 e. The van der Waals surface area contributed by atoms with Gasteiger partial charge in [-0.3, -0.25) is 4.79 Å². The molecule has 0 saturated heterocycles. The number of hydrogen-bond donors (Lipinski definition) is 3. The molecule has 1 saturated carbocycles. The summed E-state index contributed by atoms with van der Waals surface area (Å²) in [6.45, 7) is 2.41. The second kappa shape index (κ2) is 8.20. The van der Waals surface area contributed by atoms with Gasteiger partial charge in [0.1, 0.15) is 11.5 Å². The van der Waals surface area contributed by atoms with Gasteiger partial charge >= 0.3 is 5.97 Å². The first-order valence-electron chi connectivity index (χ1n) is 8.29. The largest absolute Gasteiger partial charge is 0.508 e. The van der Waals surface area contributed by atoms with Crippen molar-refractivity contribution >= 4 is 5.97 Å². The van der Waals surface area contributed by atoms with Crippen molar-refractivity contribution < 1.29 is 24.9 Å². The Morgan fingerprint density at radius 1 is 1.30 bits per heavy atom. The number of rotatable bonds is 8. The number of aliphatic carboxylic acids is 1. The summed E-state index contributed by atoms with van der Waals surface area (Å²) >= 11 is 0. The number of carbonyl (C=O) groups is 1. The van der Waals surface area contributed by atoms with Crippen molar-refractivity contribution in [1.82, 2.24) is 0 Å². The number of unbranched alkanes of at least 4 members (excludes halogenated alkanes) is 1. The van der Waals surface area contributed by atoms with Crippen LogP contribution in [0.1, 0.15) is 44.1 Å². The standard InChI is InChI=1S/C18H26O5/c1-12-5-7-14(10-17(12)20)23-9-3-2-4-13-6-8-16(19)15(13)11-18(21)22/h5,7,10,13,15-16,19-20H,2-4,6,8-9,11H2,1H3,(H,21,22)/t13-,15+,16-/m0/s1. The lowest BCUT2D eigenvalue weighted by Crippen LogP contribution is -2.22. The van der Waals surface area contributed by atoms with Crippen LogP contribution in [-0.4, -0.2) is 34.0 Å². The molecule has 1 aromatic rings. The number of phenolic OH excluding ortho intramolecular Hbond substituents is 1. The molecule has 1 aliphatic carbocycles. The normalized spacial score (nSPS) is 23.8. The third-order valence-corrected chi connectivity index (χ3v) is 4.76. The first-order valence-corrected chi connectivity index (χ1v) is 8.29. The van der Waals surface area contributed by atoms with Crippen LogP contribution in [0.2, 0.25) is 0 Å². The molecule has 3 N–H and O–H groups in total. The van der Waals surface area contributed by atoms with Crippen LogP contribution < -0.4 is 4.74 Å². The molecule has 0 bridgehead atoms. The van der Waals surface area contributed by atoms with E-state index in [2.05, 4.69) is 0 Å². The number of benzene rings is 1. The molecule has 0 aromatic heterocycles. The van der Waals surface area contributed by atoms with Crippen LogP contribution in [0, 0.1) is 18.8 Å². The topological polar surface area (TPSA) is 87.0 Å². The van der Waals surface area contributed by atoms with Crippen molar-refractivity contribution in [3.8, 4) is 11.5 Å². The fourth-order valence-electron chi connectivity index (χ4n) is 3.37. The van der Waals surface area contributed by atoms with Crippen LogP contribution in [0.3, 0.4) is 0 Å². The molecule has 0 heterocycles. The van der Waals surface area contributed by atoms with Gasteiger partial charge in [0, 0.05) is 6.07 Å². The second-order valence-electron chi connectivity index (χ2n) is 6.46. The predicted molar refractivity (Wildman–Crippen MR) is 86.7 cm³/mol. The zero-order chi connectivity index (χ0) is 16.8. The molecule has 23 heavy (non-hydrogen) atoms. The molecule has 5 heteroatoms.